The van der Waals surface area contributed by atoms with Gasteiger partial charge in [0.15, 0.2) is 0 Å². The van der Waals surface area contributed by atoms with Gasteiger partial charge < -0.3 is 0 Å². The maximum atomic E-state index is 12.0. The van der Waals surface area contributed by atoms with E-state index < -0.39 is 0 Å². The van der Waals surface area contributed by atoms with Crippen molar-refractivity contribution in [2.45, 2.75) is 50.9 Å². The summed E-state index contributed by atoms with van der Waals surface area (Å²) in [4.78, 5) is 12.0. The van der Waals surface area contributed by atoms with Crippen molar-refractivity contribution in [3.8, 4) is 0 Å². The van der Waals surface area contributed by atoms with Gasteiger partial charge in [-0.25, -0.2) is 5.84 Å². The summed E-state index contributed by atoms with van der Waals surface area (Å²) in [6, 6.07) is 8.41. The van der Waals surface area contributed by atoms with Crippen LogP contribution in [0.25, 0.3) is 0 Å². The zero-order chi connectivity index (χ0) is 13.4. The second-order valence-electron chi connectivity index (χ2n) is 6.24. The highest BCUT2D eigenvalue weighted by molar-refractivity contribution is 5.88. The lowest BCUT2D eigenvalue weighted by Gasteiger charge is -2.40. The van der Waals surface area contributed by atoms with Crippen molar-refractivity contribution in [1.29, 1.82) is 0 Å². The number of hydrazine groups is 1. The van der Waals surface area contributed by atoms with Gasteiger partial charge in [-0.2, -0.15) is 0 Å². The molecule has 1 aliphatic carbocycles. The quantitative estimate of drug-likeness (QED) is 0.478. The molecule has 0 heterocycles. The number of nitrogens with one attached hydrogen (secondary N) is 1. The Morgan fingerprint density at radius 1 is 1.22 bits per heavy atom. The topological polar surface area (TPSA) is 55.1 Å². The molecule has 18 heavy (non-hydrogen) atoms. The maximum absolute atomic E-state index is 12.0. The van der Waals surface area contributed by atoms with Crippen LogP contribution in [-0.4, -0.2) is 5.91 Å². The van der Waals surface area contributed by atoms with Gasteiger partial charge in [-0.1, -0.05) is 51.5 Å². The van der Waals surface area contributed by atoms with Gasteiger partial charge >= 0.3 is 0 Å². The summed E-state index contributed by atoms with van der Waals surface area (Å²) in [5.74, 6) is 5.25. The third kappa shape index (κ3) is 2.03. The zero-order valence-electron chi connectivity index (χ0n) is 11.4. The van der Waals surface area contributed by atoms with Crippen LogP contribution in [0.4, 0.5) is 0 Å². The van der Waals surface area contributed by atoms with E-state index in [2.05, 4.69) is 50.5 Å². The highest BCUT2D eigenvalue weighted by atomic mass is 16.2. The van der Waals surface area contributed by atoms with Crippen molar-refractivity contribution >= 4 is 5.91 Å². The second kappa shape index (κ2) is 4.39. The van der Waals surface area contributed by atoms with Gasteiger partial charge in [0.1, 0.15) is 0 Å². The number of nitrogens with two attached hydrogens (primary N) is 1. The minimum Gasteiger partial charge on any atom is -0.293 e. The van der Waals surface area contributed by atoms with E-state index in [0.29, 0.717) is 0 Å². The van der Waals surface area contributed by atoms with Gasteiger partial charge in [0, 0.05) is 0 Å². The Hall–Kier alpha value is -1.35. The summed E-state index contributed by atoms with van der Waals surface area (Å²) in [5.41, 5.74) is 4.44. The van der Waals surface area contributed by atoms with E-state index in [1.54, 1.807) is 0 Å². The van der Waals surface area contributed by atoms with Crippen molar-refractivity contribution < 1.29 is 4.79 Å². The van der Waals surface area contributed by atoms with Crippen molar-refractivity contribution in [2.24, 2.45) is 5.84 Å². The molecular weight excluding hydrogens is 224 g/mol. The van der Waals surface area contributed by atoms with Crippen LogP contribution in [0.2, 0.25) is 0 Å². The Labute approximate surface area is 109 Å². The SMILES string of the molecule is CC(C)(C)c1ccc(C2(C(=O)NN)CCC2)cc1. The van der Waals surface area contributed by atoms with Crippen molar-refractivity contribution in [1.82, 2.24) is 5.43 Å². The molecule has 3 heteroatoms. The Morgan fingerprint density at radius 3 is 2.11 bits per heavy atom. The summed E-state index contributed by atoms with van der Waals surface area (Å²) < 4.78 is 0. The van der Waals surface area contributed by atoms with E-state index in [4.69, 9.17) is 5.84 Å². The molecule has 3 N–H and O–H groups in total. The fraction of sp³-hybridized carbons (Fsp3) is 0.533. The number of amides is 1. The Kier molecular flexibility index (Phi) is 3.20. The lowest BCUT2D eigenvalue weighted by atomic mass is 9.63. The first-order valence-corrected chi connectivity index (χ1v) is 6.52. The molecule has 0 spiro atoms. The average molecular weight is 246 g/mol. The van der Waals surface area contributed by atoms with E-state index in [1.807, 2.05) is 0 Å². The molecule has 1 aliphatic rings. The first-order chi connectivity index (χ1) is 8.40. The predicted octanol–water partition coefficient (Wildman–Crippen LogP) is 2.40. The average Bonchev–Trinajstić information content (AvgIpc) is 2.27. The Bertz CT molecular complexity index is 439. The lowest BCUT2D eigenvalue weighted by Crippen LogP contribution is -2.51. The summed E-state index contributed by atoms with van der Waals surface area (Å²) in [5, 5.41) is 0. The van der Waals surface area contributed by atoms with Gasteiger partial charge in [0.05, 0.1) is 5.41 Å². The Morgan fingerprint density at radius 2 is 1.78 bits per heavy atom. The highest BCUT2D eigenvalue weighted by Crippen LogP contribution is 2.44. The third-order valence-electron chi connectivity index (χ3n) is 4.08. The van der Waals surface area contributed by atoms with Crippen molar-refractivity contribution in [3.05, 3.63) is 35.4 Å². The van der Waals surface area contributed by atoms with E-state index in [1.165, 1.54) is 5.56 Å². The van der Waals surface area contributed by atoms with Gasteiger partial charge in [-0.15, -0.1) is 0 Å². The summed E-state index contributed by atoms with van der Waals surface area (Å²) >= 11 is 0. The molecule has 0 aromatic heterocycles. The van der Waals surface area contributed by atoms with Crippen LogP contribution in [0.15, 0.2) is 24.3 Å². The molecule has 1 fully saturated rings. The molecule has 3 nitrogen and oxygen atoms in total. The van der Waals surface area contributed by atoms with Crippen LogP contribution in [-0.2, 0) is 15.6 Å². The normalized spacial score (nSPS) is 18.0. The number of carbonyl (C=O) groups is 1. The van der Waals surface area contributed by atoms with Crippen LogP contribution in [0.1, 0.15) is 51.2 Å². The molecule has 98 valence electrons. The smallest absolute Gasteiger partial charge is 0.244 e. The third-order valence-corrected chi connectivity index (χ3v) is 4.08. The van der Waals surface area contributed by atoms with Crippen LogP contribution in [0, 0.1) is 0 Å². The monoisotopic (exact) mass is 246 g/mol. The molecule has 0 aliphatic heterocycles. The first kappa shape index (κ1) is 13.1. The molecule has 1 saturated carbocycles. The van der Waals surface area contributed by atoms with Gasteiger partial charge in [0.25, 0.3) is 0 Å². The number of hydrogen-bond donors (Lipinski definition) is 2. The van der Waals surface area contributed by atoms with Crippen LogP contribution in [0.5, 0.6) is 0 Å². The molecule has 1 aromatic rings. The maximum Gasteiger partial charge on any atom is 0.244 e. The zero-order valence-corrected chi connectivity index (χ0v) is 11.4. The molecule has 0 saturated heterocycles. The summed E-state index contributed by atoms with van der Waals surface area (Å²) in [6.07, 6.45) is 2.88. The minimum atomic E-state index is -0.384. The van der Waals surface area contributed by atoms with Crippen molar-refractivity contribution in [3.63, 3.8) is 0 Å². The summed E-state index contributed by atoms with van der Waals surface area (Å²) in [6.45, 7) is 6.56. The van der Waals surface area contributed by atoms with E-state index in [-0.39, 0.29) is 16.7 Å². The lowest BCUT2D eigenvalue weighted by molar-refractivity contribution is -0.130. The number of carbonyl (C=O) groups excluding carboxylic acids is 1. The molecule has 0 radical (unpaired) electrons. The van der Waals surface area contributed by atoms with Crippen LogP contribution < -0.4 is 11.3 Å². The van der Waals surface area contributed by atoms with E-state index >= 15 is 0 Å². The molecule has 0 atom stereocenters. The second-order valence-corrected chi connectivity index (χ2v) is 6.24. The number of rotatable bonds is 2. The highest BCUT2D eigenvalue weighted by Gasteiger charge is 2.45. The van der Waals surface area contributed by atoms with Crippen LogP contribution in [0.3, 0.4) is 0 Å². The number of benzene rings is 1. The predicted molar refractivity (Wildman–Crippen MR) is 73.0 cm³/mol. The van der Waals surface area contributed by atoms with Crippen molar-refractivity contribution in [2.75, 3.05) is 0 Å². The molecule has 0 unspecified atom stereocenters. The standard InChI is InChI=1S/C15H22N2O/c1-14(2,3)11-5-7-12(8-6-11)15(9-4-10-15)13(18)17-16/h5-8H,4,9-10,16H2,1-3H3,(H,17,18). The Balaban J connectivity index is 2.31. The molecule has 0 bridgehead atoms. The molecule has 2 rings (SSSR count). The fourth-order valence-corrected chi connectivity index (χ4v) is 2.60. The summed E-state index contributed by atoms with van der Waals surface area (Å²) in [7, 11) is 0. The van der Waals surface area contributed by atoms with E-state index in [0.717, 1.165) is 24.8 Å². The van der Waals surface area contributed by atoms with Gasteiger partial charge in [0.2, 0.25) is 5.91 Å². The minimum absolute atomic E-state index is 0.0581. The first-order valence-electron chi connectivity index (χ1n) is 6.52. The molecule has 1 amide bonds. The molecule has 1 aromatic carbocycles. The van der Waals surface area contributed by atoms with Crippen LogP contribution >= 0.6 is 0 Å². The van der Waals surface area contributed by atoms with Gasteiger partial charge in [-0.05, 0) is 29.4 Å². The largest absolute Gasteiger partial charge is 0.293 e. The fourth-order valence-electron chi connectivity index (χ4n) is 2.60. The van der Waals surface area contributed by atoms with Gasteiger partial charge in [-0.3, -0.25) is 10.2 Å². The van der Waals surface area contributed by atoms with E-state index in [9.17, 15) is 4.79 Å². The molecular formula is C15H22N2O. The number of hydrogen-bond acceptors (Lipinski definition) is 2.